The second-order valence-corrected chi connectivity index (χ2v) is 6.14. The van der Waals surface area contributed by atoms with Crippen molar-refractivity contribution in [1.29, 1.82) is 0 Å². The highest BCUT2D eigenvalue weighted by molar-refractivity contribution is 5.84. The van der Waals surface area contributed by atoms with Gasteiger partial charge in [0.25, 0.3) is 5.91 Å². The largest absolute Gasteiger partial charge is 0.341 e. The van der Waals surface area contributed by atoms with Gasteiger partial charge in [-0.2, -0.15) is 5.48 Å². The molecule has 1 amide bonds. The molecule has 1 aliphatic rings. The Morgan fingerprint density at radius 2 is 2.04 bits per heavy atom. The molecule has 0 spiro atoms. The van der Waals surface area contributed by atoms with Crippen LogP contribution in [0.25, 0.3) is 0 Å². The van der Waals surface area contributed by atoms with Crippen molar-refractivity contribution in [2.45, 2.75) is 51.6 Å². The first kappa shape index (κ1) is 18.3. The Morgan fingerprint density at radius 3 is 2.62 bits per heavy atom. The van der Waals surface area contributed by atoms with Crippen LogP contribution in [0.1, 0.15) is 45.1 Å². The number of rotatable bonds is 4. The fraction of sp³-hybridized carbons (Fsp3) is 0.529. The molecule has 7 heteroatoms. The maximum Gasteiger partial charge on any atom is 0.331 e. The summed E-state index contributed by atoms with van der Waals surface area (Å²) < 4.78 is 26.7. The van der Waals surface area contributed by atoms with Gasteiger partial charge in [0.05, 0.1) is 6.04 Å². The molecule has 0 aromatic heterocycles. The van der Waals surface area contributed by atoms with Crippen LogP contribution >= 0.6 is 0 Å². The molecule has 1 saturated heterocycles. The lowest BCUT2D eigenvalue weighted by molar-refractivity contribution is -0.160. The Labute approximate surface area is 139 Å². The van der Waals surface area contributed by atoms with Crippen molar-refractivity contribution in [1.82, 2.24) is 10.4 Å². The zero-order valence-corrected chi connectivity index (χ0v) is 14.0. The molecule has 1 aromatic rings. The second kappa shape index (κ2) is 7.70. The number of carbonyl (C=O) groups is 2. The predicted octanol–water partition coefficient (Wildman–Crippen LogP) is 2.52. The van der Waals surface area contributed by atoms with E-state index in [4.69, 9.17) is 4.84 Å². The molecule has 1 fully saturated rings. The number of hydrogen-bond donors (Lipinski definition) is 1. The van der Waals surface area contributed by atoms with Crippen LogP contribution in [-0.4, -0.2) is 35.4 Å². The zero-order valence-electron chi connectivity index (χ0n) is 14.0. The van der Waals surface area contributed by atoms with Gasteiger partial charge in [0.1, 0.15) is 0 Å². The van der Waals surface area contributed by atoms with Gasteiger partial charge in [-0.05, 0) is 44.5 Å². The normalized spacial score (nSPS) is 21.1. The quantitative estimate of drug-likeness (QED) is 0.856. The van der Waals surface area contributed by atoms with Crippen molar-refractivity contribution in [3.8, 4) is 0 Å². The maximum absolute atomic E-state index is 13.6. The molecule has 2 atom stereocenters. The van der Waals surface area contributed by atoms with E-state index >= 15 is 0 Å². The third kappa shape index (κ3) is 3.90. The molecular formula is C17H22F2N2O3. The summed E-state index contributed by atoms with van der Waals surface area (Å²) in [6, 6.07) is 3.15. The first-order valence-corrected chi connectivity index (χ1v) is 8.05. The molecule has 0 aliphatic carbocycles. The lowest BCUT2D eigenvalue weighted by atomic mass is 9.91. The third-order valence-electron chi connectivity index (χ3n) is 4.29. The summed E-state index contributed by atoms with van der Waals surface area (Å²) in [6.07, 6.45) is 0.772. The van der Waals surface area contributed by atoms with Crippen LogP contribution in [0, 0.1) is 11.6 Å². The Kier molecular flexibility index (Phi) is 5.88. The molecule has 1 aliphatic heterocycles. The SMILES string of the molecule is CCC(=O)ONC(=O)C1C(c2ccc(F)c(F)c2)CCN1C(C)C. The minimum absolute atomic E-state index is 0.0814. The fourth-order valence-corrected chi connectivity index (χ4v) is 3.06. The van der Waals surface area contributed by atoms with Crippen molar-refractivity contribution < 1.29 is 23.2 Å². The van der Waals surface area contributed by atoms with Crippen LogP contribution in [0.5, 0.6) is 0 Å². The first-order chi connectivity index (χ1) is 11.3. The van der Waals surface area contributed by atoms with Crippen molar-refractivity contribution in [2.24, 2.45) is 0 Å². The smallest absolute Gasteiger partial charge is 0.331 e. The second-order valence-electron chi connectivity index (χ2n) is 6.14. The molecule has 2 rings (SSSR count). The van der Waals surface area contributed by atoms with Gasteiger partial charge in [0.15, 0.2) is 11.6 Å². The number of hydroxylamine groups is 1. The van der Waals surface area contributed by atoms with E-state index in [1.54, 1.807) is 6.92 Å². The van der Waals surface area contributed by atoms with Crippen molar-refractivity contribution in [3.63, 3.8) is 0 Å². The highest BCUT2D eigenvalue weighted by Gasteiger charge is 2.41. The van der Waals surface area contributed by atoms with Gasteiger partial charge >= 0.3 is 5.97 Å². The van der Waals surface area contributed by atoms with Gasteiger partial charge in [-0.25, -0.2) is 13.6 Å². The number of halogens is 2. The van der Waals surface area contributed by atoms with E-state index in [1.165, 1.54) is 6.07 Å². The molecular weight excluding hydrogens is 318 g/mol. The standard InChI is InChI=1S/C17H22F2N2O3/c1-4-15(22)24-20-17(23)16-12(7-8-21(16)10(2)3)11-5-6-13(18)14(19)9-11/h5-6,9-10,12,16H,4,7-8H2,1-3H3,(H,20,23). The summed E-state index contributed by atoms with van der Waals surface area (Å²) in [5.41, 5.74) is 2.74. The van der Waals surface area contributed by atoms with E-state index in [2.05, 4.69) is 5.48 Å². The average Bonchev–Trinajstić information content (AvgIpc) is 3.00. The van der Waals surface area contributed by atoms with Crippen LogP contribution in [-0.2, 0) is 14.4 Å². The van der Waals surface area contributed by atoms with Crippen molar-refractivity contribution >= 4 is 11.9 Å². The van der Waals surface area contributed by atoms with Crippen LogP contribution in [0.15, 0.2) is 18.2 Å². The monoisotopic (exact) mass is 340 g/mol. The summed E-state index contributed by atoms with van der Waals surface area (Å²) in [6.45, 7) is 6.16. The predicted molar refractivity (Wildman–Crippen MR) is 83.9 cm³/mol. The zero-order chi connectivity index (χ0) is 17.9. The van der Waals surface area contributed by atoms with E-state index in [0.29, 0.717) is 18.5 Å². The Balaban J connectivity index is 2.23. The molecule has 0 saturated carbocycles. The summed E-state index contributed by atoms with van der Waals surface area (Å²) in [4.78, 5) is 30.4. The summed E-state index contributed by atoms with van der Waals surface area (Å²) in [5, 5.41) is 0. The summed E-state index contributed by atoms with van der Waals surface area (Å²) in [5.74, 6) is -3.16. The first-order valence-electron chi connectivity index (χ1n) is 8.05. The van der Waals surface area contributed by atoms with Gasteiger partial charge in [-0.1, -0.05) is 13.0 Å². The fourth-order valence-electron chi connectivity index (χ4n) is 3.06. The van der Waals surface area contributed by atoms with Crippen molar-refractivity contribution in [2.75, 3.05) is 6.54 Å². The Bertz CT molecular complexity index is 622. The number of carbonyl (C=O) groups excluding carboxylic acids is 2. The van der Waals surface area contributed by atoms with E-state index in [-0.39, 0.29) is 18.4 Å². The molecule has 1 N–H and O–H groups in total. The number of benzene rings is 1. The van der Waals surface area contributed by atoms with Crippen LogP contribution in [0.3, 0.4) is 0 Å². The lowest BCUT2D eigenvalue weighted by Gasteiger charge is -2.30. The number of hydrogen-bond acceptors (Lipinski definition) is 4. The van der Waals surface area contributed by atoms with E-state index < -0.39 is 29.6 Å². The number of amides is 1. The summed E-state index contributed by atoms with van der Waals surface area (Å²) in [7, 11) is 0. The van der Waals surface area contributed by atoms with Gasteiger partial charge in [-0.15, -0.1) is 0 Å². The molecule has 0 bridgehead atoms. The lowest BCUT2D eigenvalue weighted by Crippen LogP contribution is -2.48. The molecule has 1 heterocycles. The maximum atomic E-state index is 13.6. The average molecular weight is 340 g/mol. The molecule has 1 aromatic carbocycles. The van der Waals surface area contributed by atoms with Crippen molar-refractivity contribution in [3.05, 3.63) is 35.4 Å². The van der Waals surface area contributed by atoms with E-state index in [9.17, 15) is 18.4 Å². The van der Waals surface area contributed by atoms with Crippen LogP contribution < -0.4 is 5.48 Å². The topological polar surface area (TPSA) is 58.6 Å². The van der Waals surface area contributed by atoms with Crippen LogP contribution in [0.4, 0.5) is 8.78 Å². The van der Waals surface area contributed by atoms with Gasteiger partial charge in [0.2, 0.25) is 0 Å². The van der Waals surface area contributed by atoms with E-state index in [1.807, 2.05) is 18.7 Å². The van der Waals surface area contributed by atoms with Gasteiger partial charge in [-0.3, -0.25) is 9.69 Å². The molecule has 2 unspecified atom stereocenters. The van der Waals surface area contributed by atoms with E-state index in [0.717, 1.165) is 12.1 Å². The Morgan fingerprint density at radius 1 is 1.33 bits per heavy atom. The van der Waals surface area contributed by atoms with Gasteiger partial charge < -0.3 is 4.84 Å². The number of nitrogens with one attached hydrogen (secondary N) is 1. The minimum Gasteiger partial charge on any atom is -0.341 e. The number of nitrogens with zero attached hydrogens (tertiary/aromatic N) is 1. The highest BCUT2D eigenvalue weighted by Crippen LogP contribution is 2.35. The third-order valence-corrected chi connectivity index (χ3v) is 4.29. The van der Waals surface area contributed by atoms with Gasteiger partial charge in [0, 0.05) is 18.4 Å². The molecule has 0 radical (unpaired) electrons. The Hall–Kier alpha value is -2.02. The van der Waals surface area contributed by atoms with Crippen LogP contribution in [0.2, 0.25) is 0 Å². The summed E-state index contributed by atoms with van der Waals surface area (Å²) >= 11 is 0. The highest BCUT2D eigenvalue weighted by atomic mass is 19.2. The molecule has 24 heavy (non-hydrogen) atoms. The minimum atomic E-state index is -0.938. The molecule has 5 nitrogen and oxygen atoms in total. The molecule has 132 valence electrons. The number of likely N-dealkylation sites (tertiary alicyclic amines) is 1.